The molecule has 0 amide bonds. The zero-order valence-corrected chi connectivity index (χ0v) is 19.2. The second kappa shape index (κ2) is 7.43. The van der Waals surface area contributed by atoms with Gasteiger partial charge in [-0.15, -0.1) is 0 Å². The fourth-order valence-electron chi connectivity index (χ4n) is 4.52. The number of fused-ring (bicyclic) bond motifs is 2. The molecular formula is C25H27BF2N2O2. The van der Waals surface area contributed by atoms with Gasteiger partial charge in [-0.2, -0.15) is 0 Å². The highest BCUT2D eigenvalue weighted by atomic mass is 19.2. The van der Waals surface area contributed by atoms with Crippen molar-refractivity contribution in [2.24, 2.45) is 0 Å². The minimum absolute atomic E-state index is 0.431. The molecule has 0 N–H and O–H groups in total. The Bertz CT molecular complexity index is 1230. The molecule has 4 rings (SSSR count). The minimum atomic E-state index is -4.06. The molecule has 0 spiro atoms. The largest absolute Gasteiger partial charge is 0.737 e. The number of benzene rings is 1. The third-order valence-corrected chi connectivity index (χ3v) is 5.58. The number of carbonyl (C=O) groups excluding carboxylic acids is 1. The summed E-state index contributed by atoms with van der Waals surface area (Å²) in [6, 6.07) is 5.84. The van der Waals surface area contributed by atoms with E-state index in [0.29, 0.717) is 17.0 Å². The van der Waals surface area contributed by atoms with Crippen LogP contribution < -0.4 is 0 Å². The molecule has 7 heteroatoms. The summed E-state index contributed by atoms with van der Waals surface area (Å²) in [4.78, 5) is 12.1. The van der Waals surface area contributed by atoms with Crippen LogP contribution in [0.5, 0.6) is 0 Å². The molecule has 0 bridgehead atoms. The lowest BCUT2D eigenvalue weighted by atomic mass is 9.83. The summed E-state index contributed by atoms with van der Waals surface area (Å²) in [6.07, 6.45) is 9.01. The number of hydrogen-bond donors (Lipinski definition) is 0. The fourth-order valence-corrected chi connectivity index (χ4v) is 4.52. The van der Waals surface area contributed by atoms with E-state index >= 15 is 8.63 Å². The van der Waals surface area contributed by atoms with E-state index in [9.17, 15) is 4.79 Å². The molecule has 2 aromatic rings. The van der Waals surface area contributed by atoms with Gasteiger partial charge in [0.05, 0.1) is 5.57 Å². The molecule has 0 radical (unpaired) electrons. The molecule has 0 atom stereocenters. The predicted octanol–water partition coefficient (Wildman–Crippen LogP) is 5.42. The van der Waals surface area contributed by atoms with Gasteiger partial charge in [0.25, 0.3) is 0 Å². The Hall–Kier alpha value is -3.22. The number of carbonyl (C=O) groups is 1. The number of hydrogen-bond acceptors (Lipinski definition) is 2. The topological polar surface area (TPSA) is 34.2 Å². The van der Waals surface area contributed by atoms with Crippen LogP contribution in [0.4, 0.5) is 8.63 Å². The lowest BCUT2D eigenvalue weighted by Gasteiger charge is -2.31. The Morgan fingerprint density at radius 1 is 1.12 bits per heavy atom. The van der Waals surface area contributed by atoms with E-state index in [1.807, 2.05) is 20.8 Å². The first-order valence-corrected chi connectivity index (χ1v) is 10.7. The van der Waals surface area contributed by atoms with Crippen molar-refractivity contribution in [1.29, 1.82) is 0 Å². The maximum absolute atomic E-state index is 15.5. The molecule has 4 nitrogen and oxygen atoms in total. The third-order valence-electron chi connectivity index (χ3n) is 5.58. The molecule has 1 aromatic carbocycles. The molecule has 3 heterocycles. The lowest BCUT2D eigenvalue weighted by Crippen LogP contribution is -2.49. The Balaban J connectivity index is 1.87. The van der Waals surface area contributed by atoms with E-state index in [-0.39, 0.29) is 0 Å². The number of aryl methyl sites for hydroxylation is 3. The molecule has 1 aromatic heterocycles. The average molecular weight is 436 g/mol. The van der Waals surface area contributed by atoms with Gasteiger partial charge >= 0.3 is 12.9 Å². The number of nitrogens with zero attached hydrogens (tertiary/aromatic N) is 2. The number of rotatable bonds is 3. The smallest absolute Gasteiger partial charge is 0.457 e. The summed E-state index contributed by atoms with van der Waals surface area (Å²) >= 11 is 0. The van der Waals surface area contributed by atoms with Gasteiger partial charge in [0.2, 0.25) is 0 Å². The summed E-state index contributed by atoms with van der Waals surface area (Å²) < 4.78 is 38.3. The third kappa shape index (κ3) is 3.76. The van der Waals surface area contributed by atoms with Crippen molar-refractivity contribution in [1.82, 2.24) is 4.48 Å². The maximum atomic E-state index is 15.5. The number of esters is 1. The van der Waals surface area contributed by atoms with E-state index in [1.165, 1.54) is 24.6 Å². The molecule has 0 saturated heterocycles. The van der Waals surface area contributed by atoms with Crippen LogP contribution in [0, 0.1) is 20.8 Å². The van der Waals surface area contributed by atoms with Gasteiger partial charge in [0.15, 0.2) is 5.70 Å². The molecule has 2 aliphatic heterocycles. The zero-order valence-electron chi connectivity index (χ0n) is 19.2. The van der Waals surface area contributed by atoms with Crippen LogP contribution in [-0.4, -0.2) is 33.7 Å². The Morgan fingerprint density at radius 3 is 2.41 bits per heavy atom. The summed E-state index contributed by atoms with van der Waals surface area (Å²) in [5, 5.41) is 0. The van der Waals surface area contributed by atoms with Crippen molar-refractivity contribution in [2.45, 2.75) is 47.1 Å². The molecule has 0 fully saturated rings. The summed E-state index contributed by atoms with van der Waals surface area (Å²) in [5.41, 5.74) is 5.70. The molecule has 2 aliphatic rings. The van der Waals surface area contributed by atoms with Gasteiger partial charge in [-0.25, -0.2) is 4.79 Å². The van der Waals surface area contributed by atoms with E-state index < -0.39 is 18.5 Å². The first-order chi connectivity index (χ1) is 14.9. The van der Waals surface area contributed by atoms with Crippen LogP contribution in [0.1, 0.15) is 54.3 Å². The van der Waals surface area contributed by atoms with E-state index in [2.05, 4.69) is 12.1 Å². The van der Waals surface area contributed by atoms with Crippen LogP contribution in [0.15, 0.2) is 48.3 Å². The van der Waals surface area contributed by atoms with Gasteiger partial charge in [-0.1, -0.05) is 17.7 Å². The number of ether oxygens (including phenoxy) is 1. The normalized spacial score (nSPS) is 16.9. The van der Waals surface area contributed by atoms with Crippen LogP contribution in [-0.2, 0) is 9.53 Å². The highest BCUT2D eigenvalue weighted by molar-refractivity contribution is 6.57. The maximum Gasteiger partial charge on any atom is 0.737 e. The SMILES string of the molecule is Cc1cc(C)c(C2=C3C=CC=[N+]3[B-](F)(F)n3cc(/C=C/C(=O)OC(C)(C)C)cc32)c(C)c1. The Morgan fingerprint density at radius 2 is 1.78 bits per heavy atom. The molecule has 0 aliphatic carbocycles. The van der Waals surface area contributed by atoms with Gasteiger partial charge in [0, 0.05) is 23.9 Å². The lowest BCUT2D eigenvalue weighted by molar-refractivity contribution is -0.356. The quantitative estimate of drug-likeness (QED) is 0.366. The van der Waals surface area contributed by atoms with E-state index in [1.54, 1.807) is 39.0 Å². The van der Waals surface area contributed by atoms with Gasteiger partial charge in [-0.3, -0.25) is 0 Å². The Labute approximate surface area is 187 Å². The van der Waals surface area contributed by atoms with Crippen LogP contribution in [0.3, 0.4) is 0 Å². The molecule has 0 unspecified atom stereocenters. The van der Waals surface area contributed by atoms with Gasteiger partial charge in [-0.05, 0) is 82.1 Å². The van der Waals surface area contributed by atoms with Crippen LogP contribution in [0.25, 0.3) is 11.6 Å². The average Bonchev–Trinajstić information content (AvgIpc) is 3.29. The number of aromatic nitrogens is 1. The first-order valence-electron chi connectivity index (χ1n) is 10.7. The number of allylic oxidation sites excluding steroid dienone is 2. The fraction of sp³-hybridized carbons (Fsp3) is 0.280. The summed E-state index contributed by atoms with van der Waals surface area (Å²) in [6.45, 7) is 7.31. The summed E-state index contributed by atoms with van der Waals surface area (Å²) in [5.74, 6) is -0.514. The standard InChI is InChI=1S/C25H27BF2N2O2/c1-16-12-17(2)23(18(3)13-16)24-20-8-7-11-29(20)26(27,28)30-15-19(14-21(24)30)9-10-22(31)32-25(4,5)6/h7-15H,1-6H3/b10-9+. The van der Waals surface area contributed by atoms with Gasteiger partial charge < -0.3 is 22.3 Å². The zero-order chi connectivity index (χ0) is 23.4. The monoisotopic (exact) mass is 436 g/mol. The van der Waals surface area contributed by atoms with Crippen LogP contribution >= 0.6 is 0 Å². The highest BCUT2D eigenvalue weighted by Gasteiger charge is 2.52. The van der Waals surface area contributed by atoms with Crippen LogP contribution in [0.2, 0.25) is 0 Å². The number of halogens is 2. The van der Waals surface area contributed by atoms with Gasteiger partial charge in [0.1, 0.15) is 11.8 Å². The summed E-state index contributed by atoms with van der Waals surface area (Å²) in [7, 11) is 0. The predicted molar refractivity (Wildman–Crippen MR) is 125 cm³/mol. The van der Waals surface area contributed by atoms with Crippen molar-refractivity contribution in [3.63, 3.8) is 0 Å². The van der Waals surface area contributed by atoms with Crippen molar-refractivity contribution in [2.75, 3.05) is 0 Å². The minimum Gasteiger partial charge on any atom is -0.457 e. The molecule has 32 heavy (non-hydrogen) atoms. The molecule has 166 valence electrons. The molecular weight excluding hydrogens is 409 g/mol. The van der Waals surface area contributed by atoms with Crippen molar-refractivity contribution in [3.8, 4) is 0 Å². The second-order valence-electron chi connectivity index (χ2n) is 9.47. The Kier molecular flexibility index (Phi) is 5.11. The highest BCUT2D eigenvalue weighted by Crippen LogP contribution is 2.41. The van der Waals surface area contributed by atoms with E-state index in [0.717, 1.165) is 36.8 Å². The van der Waals surface area contributed by atoms with Crippen molar-refractivity contribution in [3.05, 3.63) is 81.8 Å². The molecule has 0 saturated carbocycles. The second-order valence-corrected chi connectivity index (χ2v) is 9.47. The van der Waals surface area contributed by atoms with Crippen molar-refractivity contribution >= 4 is 30.8 Å². The van der Waals surface area contributed by atoms with Crippen molar-refractivity contribution < 1.29 is 22.6 Å². The first kappa shape index (κ1) is 22.0. The van der Waals surface area contributed by atoms with E-state index in [4.69, 9.17) is 4.74 Å².